The molecular formula is C16H19ClN2O2. The monoisotopic (exact) mass is 306 g/mol. The Morgan fingerprint density at radius 3 is 2.90 bits per heavy atom. The quantitative estimate of drug-likeness (QED) is 0.822. The van der Waals surface area contributed by atoms with Gasteiger partial charge in [-0.1, -0.05) is 18.5 Å². The van der Waals surface area contributed by atoms with Crippen LogP contribution in [0.3, 0.4) is 0 Å². The number of anilines is 1. The Balaban J connectivity index is 2.04. The molecule has 0 aliphatic carbocycles. The number of carbonyl (C=O) groups is 1. The van der Waals surface area contributed by atoms with Crippen LogP contribution in [-0.2, 0) is 17.8 Å². The lowest BCUT2D eigenvalue weighted by Gasteiger charge is -2.08. The van der Waals surface area contributed by atoms with Crippen molar-refractivity contribution in [3.05, 3.63) is 52.8 Å². The van der Waals surface area contributed by atoms with E-state index in [4.69, 9.17) is 16.3 Å². The third-order valence-electron chi connectivity index (χ3n) is 3.16. The minimum Gasteiger partial charge on any atom is -0.465 e. The number of benzene rings is 1. The maximum absolute atomic E-state index is 11.6. The Hall–Kier alpha value is -1.94. The summed E-state index contributed by atoms with van der Waals surface area (Å²) >= 11 is 5.99. The molecule has 1 heterocycles. The lowest BCUT2D eigenvalue weighted by molar-refractivity contribution is 0.0601. The molecule has 1 aromatic carbocycles. The zero-order valence-electron chi connectivity index (χ0n) is 12.2. The number of rotatable bonds is 6. The molecule has 0 atom stereocenters. The van der Waals surface area contributed by atoms with Crippen molar-refractivity contribution < 1.29 is 9.53 Å². The molecule has 0 aliphatic heterocycles. The third kappa shape index (κ3) is 4.02. The lowest BCUT2D eigenvalue weighted by Crippen LogP contribution is -2.04. The third-order valence-corrected chi connectivity index (χ3v) is 3.49. The first-order valence-electron chi connectivity index (χ1n) is 6.90. The number of methoxy groups -OCH3 is 1. The first-order chi connectivity index (χ1) is 10.1. The van der Waals surface area contributed by atoms with Gasteiger partial charge in [0.2, 0.25) is 0 Å². The topological polar surface area (TPSA) is 43.3 Å². The van der Waals surface area contributed by atoms with Crippen LogP contribution < -0.4 is 5.32 Å². The van der Waals surface area contributed by atoms with Crippen LogP contribution in [0.4, 0.5) is 5.69 Å². The van der Waals surface area contributed by atoms with Gasteiger partial charge in [0.25, 0.3) is 0 Å². The van der Waals surface area contributed by atoms with Crippen LogP contribution in [0.5, 0.6) is 0 Å². The summed E-state index contributed by atoms with van der Waals surface area (Å²) in [5.74, 6) is -0.433. The molecule has 0 fully saturated rings. The lowest BCUT2D eigenvalue weighted by atomic mass is 10.2. The van der Waals surface area contributed by atoms with Crippen molar-refractivity contribution in [2.24, 2.45) is 0 Å². The molecule has 4 nitrogen and oxygen atoms in total. The fraction of sp³-hybridized carbons (Fsp3) is 0.312. The zero-order chi connectivity index (χ0) is 15.2. The molecule has 21 heavy (non-hydrogen) atoms. The molecule has 0 aliphatic rings. The van der Waals surface area contributed by atoms with E-state index in [0.717, 1.165) is 18.7 Å². The predicted molar refractivity (Wildman–Crippen MR) is 84.8 cm³/mol. The summed E-state index contributed by atoms with van der Waals surface area (Å²) in [6.45, 7) is 3.87. The minimum absolute atomic E-state index is 0.368. The van der Waals surface area contributed by atoms with Gasteiger partial charge in [0.15, 0.2) is 0 Å². The van der Waals surface area contributed by atoms with Crippen molar-refractivity contribution in [3.8, 4) is 0 Å². The Morgan fingerprint density at radius 1 is 1.38 bits per heavy atom. The molecule has 1 N–H and O–H groups in total. The number of ether oxygens (including phenoxy) is 1. The van der Waals surface area contributed by atoms with Crippen molar-refractivity contribution in [2.75, 3.05) is 12.4 Å². The number of aromatic nitrogens is 1. The largest absolute Gasteiger partial charge is 0.465 e. The SMILES string of the molecule is CCCn1ccc(CNc2ccc(Cl)c(C(=O)OC)c2)c1. The molecule has 112 valence electrons. The Morgan fingerprint density at radius 2 is 2.19 bits per heavy atom. The smallest absolute Gasteiger partial charge is 0.339 e. The Kier molecular flexibility index (Phi) is 5.28. The second-order valence-corrected chi connectivity index (χ2v) is 5.20. The maximum atomic E-state index is 11.6. The predicted octanol–water partition coefficient (Wildman–Crippen LogP) is 3.95. The van der Waals surface area contributed by atoms with Gasteiger partial charge in [-0.2, -0.15) is 0 Å². The summed E-state index contributed by atoms with van der Waals surface area (Å²) in [5, 5.41) is 3.67. The molecule has 0 unspecified atom stereocenters. The van der Waals surface area contributed by atoms with E-state index in [1.165, 1.54) is 12.7 Å². The number of nitrogens with zero attached hydrogens (tertiary/aromatic N) is 1. The number of carbonyl (C=O) groups excluding carboxylic acids is 1. The fourth-order valence-corrected chi connectivity index (χ4v) is 2.29. The summed E-state index contributed by atoms with van der Waals surface area (Å²) in [5.41, 5.74) is 2.40. The number of halogens is 1. The average molecular weight is 307 g/mol. The number of hydrogen-bond acceptors (Lipinski definition) is 3. The average Bonchev–Trinajstić information content (AvgIpc) is 2.94. The summed E-state index contributed by atoms with van der Waals surface area (Å²) in [7, 11) is 1.34. The van der Waals surface area contributed by atoms with E-state index < -0.39 is 5.97 Å². The van der Waals surface area contributed by atoms with E-state index in [9.17, 15) is 4.79 Å². The van der Waals surface area contributed by atoms with Crippen LogP contribution in [0.1, 0.15) is 29.3 Å². The highest BCUT2D eigenvalue weighted by Gasteiger charge is 2.11. The maximum Gasteiger partial charge on any atom is 0.339 e. The molecule has 5 heteroatoms. The number of hydrogen-bond donors (Lipinski definition) is 1. The fourth-order valence-electron chi connectivity index (χ4n) is 2.10. The van der Waals surface area contributed by atoms with E-state index in [1.807, 2.05) is 6.07 Å². The number of esters is 1. The van der Waals surface area contributed by atoms with Crippen molar-refractivity contribution in [1.82, 2.24) is 4.57 Å². The molecule has 0 amide bonds. The zero-order valence-corrected chi connectivity index (χ0v) is 13.0. The molecule has 2 aromatic rings. The number of nitrogens with one attached hydrogen (secondary N) is 1. The number of aryl methyl sites for hydroxylation is 1. The molecule has 2 rings (SSSR count). The summed E-state index contributed by atoms with van der Waals surface area (Å²) in [6, 6.07) is 7.33. The van der Waals surface area contributed by atoms with E-state index in [-0.39, 0.29) is 0 Å². The molecule has 0 saturated carbocycles. The van der Waals surface area contributed by atoms with Crippen LogP contribution >= 0.6 is 11.6 Å². The molecule has 1 aromatic heterocycles. The molecule has 0 bridgehead atoms. The van der Waals surface area contributed by atoms with Crippen molar-refractivity contribution in [3.63, 3.8) is 0 Å². The Labute approximate surface area is 129 Å². The molecule has 0 spiro atoms. The van der Waals surface area contributed by atoms with E-state index >= 15 is 0 Å². The second kappa shape index (κ2) is 7.18. The van der Waals surface area contributed by atoms with Crippen LogP contribution in [0.25, 0.3) is 0 Å². The standard InChI is InChI=1S/C16H19ClN2O2/c1-3-7-19-8-6-12(11-19)10-18-13-4-5-15(17)14(9-13)16(20)21-2/h4-6,8-9,11,18H,3,7,10H2,1-2H3. The van der Waals surface area contributed by atoms with Gasteiger partial charge < -0.3 is 14.6 Å². The molecule has 0 saturated heterocycles. The minimum atomic E-state index is -0.433. The van der Waals surface area contributed by atoms with Gasteiger partial charge in [-0.15, -0.1) is 0 Å². The van der Waals surface area contributed by atoms with Crippen molar-refractivity contribution in [2.45, 2.75) is 26.4 Å². The van der Waals surface area contributed by atoms with Gasteiger partial charge in [0.05, 0.1) is 17.7 Å². The van der Waals surface area contributed by atoms with Crippen molar-refractivity contribution >= 4 is 23.3 Å². The van der Waals surface area contributed by atoms with Crippen LogP contribution in [-0.4, -0.2) is 17.6 Å². The second-order valence-electron chi connectivity index (χ2n) is 4.80. The van der Waals surface area contributed by atoms with Gasteiger partial charge in [-0.05, 0) is 36.2 Å². The van der Waals surface area contributed by atoms with Gasteiger partial charge in [-0.25, -0.2) is 4.79 Å². The van der Waals surface area contributed by atoms with Gasteiger partial charge in [0.1, 0.15) is 0 Å². The molecular weight excluding hydrogens is 288 g/mol. The first kappa shape index (κ1) is 15.4. The highest BCUT2D eigenvalue weighted by Crippen LogP contribution is 2.21. The van der Waals surface area contributed by atoms with Crippen LogP contribution in [0.15, 0.2) is 36.7 Å². The molecule has 0 radical (unpaired) electrons. The van der Waals surface area contributed by atoms with Crippen LogP contribution in [0, 0.1) is 0 Å². The van der Waals surface area contributed by atoms with E-state index in [0.29, 0.717) is 17.1 Å². The van der Waals surface area contributed by atoms with Crippen molar-refractivity contribution in [1.29, 1.82) is 0 Å². The Bertz CT molecular complexity index is 622. The van der Waals surface area contributed by atoms with E-state index in [1.54, 1.807) is 12.1 Å². The summed E-state index contributed by atoms with van der Waals surface area (Å²) in [4.78, 5) is 11.6. The van der Waals surface area contributed by atoms with Gasteiger partial charge in [-0.3, -0.25) is 0 Å². The normalized spacial score (nSPS) is 10.4. The van der Waals surface area contributed by atoms with Gasteiger partial charge in [0, 0.05) is 31.2 Å². The highest BCUT2D eigenvalue weighted by atomic mass is 35.5. The van der Waals surface area contributed by atoms with Gasteiger partial charge >= 0.3 is 5.97 Å². The highest BCUT2D eigenvalue weighted by molar-refractivity contribution is 6.33. The van der Waals surface area contributed by atoms with E-state index in [2.05, 4.69) is 35.3 Å². The van der Waals surface area contributed by atoms with Crippen LogP contribution in [0.2, 0.25) is 5.02 Å². The summed E-state index contributed by atoms with van der Waals surface area (Å²) in [6.07, 6.45) is 5.30. The first-order valence-corrected chi connectivity index (χ1v) is 7.28. The summed E-state index contributed by atoms with van der Waals surface area (Å²) < 4.78 is 6.88.